The van der Waals surface area contributed by atoms with Crippen LogP contribution >= 0.6 is 15.9 Å². The Morgan fingerprint density at radius 3 is 2.43 bits per heavy atom. The maximum absolute atomic E-state index is 12.8. The normalized spacial score (nSPS) is 29.0. The molecule has 0 aliphatic heterocycles. The quantitative estimate of drug-likeness (QED) is 0.675. The maximum atomic E-state index is 12.8. The van der Waals surface area contributed by atoms with Crippen LogP contribution in [0.4, 0.5) is 5.69 Å². The van der Waals surface area contributed by atoms with Gasteiger partial charge < -0.3 is 10.6 Å². The maximum Gasteiger partial charge on any atom is 0.283 e. The van der Waals surface area contributed by atoms with Crippen LogP contribution in [0.15, 0.2) is 40.0 Å². The van der Waals surface area contributed by atoms with Gasteiger partial charge >= 0.3 is 0 Å². The van der Waals surface area contributed by atoms with Crippen LogP contribution in [0.5, 0.6) is 0 Å². The number of carbonyl (C=O) groups excluding carboxylic acids is 1. The number of anilines is 1. The van der Waals surface area contributed by atoms with Gasteiger partial charge in [0.1, 0.15) is 11.0 Å². The Balaban J connectivity index is 1.24. The molecule has 0 aromatic carbocycles. The number of nitrogens with one attached hydrogen (secondary N) is 2. The second-order valence-corrected chi connectivity index (χ2v) is 9.86. The summed E-state index contributed by atoms with van der Waals surface area (Å²) in [5.41, 5.74) is 1.41. The Morgan fingerprint density at radius 2 is 1.77 bits per heavy atom. The van der Waals surface area contributed by atoms with Crippen LogP contribution in [0.1, 0.15) is 37.7 Å². The van der Waals surface area contributed by atoms with Crippen molar-refractivity contribution in [3.8, 4) is 0 Å². The Kier molecular flexibility index (Phi) is 5.35. The van der Waals surface area contributed by atoms with Gasteiger partial charge in [-0.2, -0.15) is 5.10 Å². The van der Waals surface area contributed by atoms with Gasteiger partial charge in [0.25, 0.3) is 5.56 Å². The number of carbonyl (C=O) groups is 1. The summed E-state index contributed by atoms with van der Waals surface area (Å²) in [7, 11) is 0. The lowest BCUT2D eigenvalue weighted by molar-refractivity contribution is -0.122. The summed E-state index contributed by atoms with van der Waals surface area (Å²) in [5.74, 6) is 2.97. The first-order chi connectivity index (χ1) is 14.6. The van der Waals surface area contributed by atoms with E-state index >= 15 is 0 Å². The van der Waals surface area contributed by atoms with Crippen molar-refractivity contribution in [2.45, 2.75) is 51.2 Å². The monoisotopic (exact) mass is 471 g/mol. The number of nitrogens with zero attached hydrogens (tertiary/aromatic N) is 3. The van der Waals surface area contributed by atoms with Gasteiger partial charge in [-0.1, -0.05) is 0 Å². The fourth-order valence-corrected chi connectivity index (χ4v) is 6.33. The van der Waals surface area contributed by atoms with Crippen molar-refractivity contribution in [2.24, 2.45) is 23.7 Å². The highest BCUT2D eigenvalue weighted by atomic mass is 79.9. The first-order valence-electron chi connectivity index (χ1n) is 10.7. The second kappa shape index (κ2) is 8.13. The number of rotatable bonds is 6. The van der Waals surface area contributed by atoms with E-state index in [0.717, 1.165) is 23.1 Å². The van der Waals surface area contributed by atoms with Crippen LogP contribution < -0.4 is 16.2 Å². The Morgan fingerprint density at radius 1 is 1.10 bits per heavy atom. The fraction of sp³-hybridized carbons (Fsp3) is 0.545. The van der Waals surface area contributed by atoms with Gasteiger partial charge in [0, 0.05) is 25.0 Å². The van der Waals surface area contributed by atoms with Gasteiger partial charge in [-0.05, 0) is 89.4 Å². The smallest absolute Gasteiger partial charge is 0.283 e. The third-order valence-electron chi connectivity index (χ3n) is 7.07. The molecule has 8 heteroatoms. The Labute approximate surface area is 183 Å². The summed E-state index contributed by atoms with van der Waals surface area (Å²) in [6.07, 6.45) is 11.7. The van der Waals surface area contributed by atoms with Crippen molar-refractivity contribution in [2.75, 3.05) is 5.32 Å². The van der Waals surface area contributed by atoms with E-state index in [9.17, 15) is 9.59 Å². The number of hydrogen-bond acceptors (Lipinski definition) is 5. The minimum atomic E-state index is -0.289. The molecule has 4 aliphatic rings. The Bertz CT molecular complexity index is 965. The summed E-state index contributed by atoms with van der Waals surface area (Å²) >= 11 is 3.45. The van der Waals surface area contributed by atoms with Crippen molar-refractivity contribution >= 4 is 27.5 Å². The van der Waals surface area contributed by atoms with E-state index in [0.29, 0.717) is 28.9 Å². The van der Waals surface area contributed by atoms with E-state index in [2.05, 4.69) is 36.6 Å². The zero-order valence-electron chi connectivity index (χ0n) is 16.8. The zero-order valence-corrected chi connectivity index (χ0v) is 18.3. The topological polar surface area (TPSA) is 88.9 Å². The molecule has 1 amide bonds. The SMILES string of the molecule is O=C(Cn1ncc(NC2C3CC4CC(C3)CC2C4)c(Br)c1=O)NCc1ccncc1. The molecule has 30 heavy (non-hydrogen) atoms. The summed E-state index contributed by atoms with van der Waals surface area (Å²) < 4.78 is 1.65. The van der Waals surface area contributed by atoms with E-state index in [1.54, 1.807) is 18.6 Å². The van der Waals surface area contributed by atoms with Crippen molar-refractivity contribution in [3.05, 3.63) is 51.1 Å². The molecular formula is C22H26BrN5O2. The number of pyridine rings is 1. The van der Waals surface area contributed by atoms with Gasteiger partial charge in [-0.25, -0.2) is 4.68 Å². The van der Waals surface area contributed by atoms with Gasteiger partial charge in [0.15, 0.2) is 0 Å². The molecule has 4 saturated carbocycles. The molecule has 0 unspecified atom stereocenters. The zero-order chi connectivity index (χ0) is 20.7. The predicted octanol–water partition coefficient (Wildman–Crippen LogP) is 2.95. The molecule has 4 aliphatic carbocycles. The molecule has 4 fully saturated rings. The van der Waals surface area contributed by atoms with E-state index in [1.165, 1.54) is 36.8 Å². The second-order valence-electron chi connectivity index (χ2n) is 9.07. The minimum Gasteiger partial charge on any atom is -0.379 e. The van der Waals surface area contributed by atoms with Gasteiger partial charge in [0.05, 0.1) is 11.9 Å². The first kappa shape index (κ1) is 19.7. The average molecular weight is 472 g/mol. The molecule has 0 saturated heterocycles. The summed E-state index contributed by atoms with van der Waals surface area (Å²) in [4.78, 5) is 29.0. The third kappa shape index (κ3) is 3.89. The van der Waals surface area contributed by atoms with Crippen molar-refractivity contribution < 1.29 is 4.79 Å². The summed E-state index contributed by atoms with van der Waals surface area (Å²) in [6.45, 7) is 0.282. The molecule has 2 aromatic heterocycles. The molecule has 0 spiro atoms. The summed E-state index contributed by atoms with van der Waals surface area (Å²) in [5, 5.41) is 10.7. The number of amides is 1. The van der Waals surface area contributed by atoms with Crippen LogP contribution in [0.2, 0.25) is 0 Å². The number of aromatic nitrogens is 3. The first-order valence-corrected chi connectivity index (χ1v) is 11.5. The number of halogens is 1. The molecule has 6 rings (SSSR count). The molecule has 158 valence electrons. The predicted molar refractivity (Wildman–Crippen MR) is 117 cm³/mol. The molecule has 2 heterocycles. The van der Waals surface area contributed by atoms with Gasteiger partial charge in [0.2, 0.25) is 5.91 Å². The van der Waals surface area contributed by atoms with Crippen molar-refractivity contribution in [3.63, 3.8) is 0 Å². The standard InChI is InChI=1S/C22H26BrN5O2/c23-20-18(27-21-16-6-14-5-15(8-16)9-17(21)7-14)11-26-28(22(20)30)12-19(29)25-10-13-1-3-24-4-2-13/h1-4,11,14-17,21,27H,5-10,12H2,(H,25,29). The van der Waals surface area contributed by atoms with Crippen LogP contribution in [0, 0.1) is 23.7 Å². The molecule has 7 nitrogen and oxygen atoms in total. The largest absolute Gasteiger partial charge is 0.379 e. The van der Waals surface area contributed by atoms with Crippen molar-refractivity contribution in [1.82, 2.24) is 20.1 Å². The van der Waals surface area contributed by atoms with Gasteiger partial charge in [-0.15, -0.1) is 0 Å². The molecule has 4 bridgehead atoms. The average Bonchev–Trinajstić information content (AvgIpc) is 2.74. The van der Waals surface area contributed by atoms with Crippen molar-refractivity contribution in [1.29, 1.82) is 0 Å². The number of hydrogen-bond donors (Lipinski definition) is 2. The lowest BCUT2D eigenvalue weighted by Gasteiger charge is -2.54. The van der Waals surface area contributed by atoms with E-state index in [-0.39, 0.29) is 18.0 Å². The minimum absolute atomic E-state index is 0.110. The third-order valence-corrected chi connectivity index (χ3v) is 7.83. The molecule has 2 aromatic rings. The lowest BCUT2D eigenvalue weighted by atomic mass is 9.54. The van der Waals surface area contributed by atoms with Crippen LogP contribution in [0.3, 0.4) is 0 Å². The van der Waals surface area contributed by atoms with E-state index in [1.807, 2.05) is 12.1 Å². The van der Waals surface area contributed by atoms with E-state index in [4.69, 9.17) is 0 Å². The summed E-state index contributed by atoms with van der Waals surface area (Å²) in [6, 6.07) is 4.10. The highest BCUT2D eigenvalue weighted by Gasteiger charge is 2.48. The Hall–Kier alpha value is -2.22. The highest BCUT2D eigenvalue weighted by Crippen LogP contribution is 2.54. The fourth-order valence-electron chi connectivity index (χ4n) is 5.91. The molecule has 0 radical (unpaired) electrons. The van der Waals surface area contributed by atoms with Crippen LogP contribution in [0.25, 0.3) is 0 Å². The lowest BCUT2D eigenvalue weighted by Crippen LogP contribution is -2.51. The molecule has 2 N–H and O–H groups in total. The molecular weight excluding hydrogens is 446 g/mol. The highest BCUT2D eigenvalue weighted by molar-refractivity contribution is 9.10. The van der Waals surface area contributed by atoms with Crippen LogP contribution in [-0.4, -0.2) is 26.7 Å². The van der Waals surface area contributed by atoms with Gasteiger partial charge in [-0.3, -0.25) is 14.6 Å². The molecule has 0 atom stereocenters. The van der Waals surface area contributed by atoms with Crippen LogP contribution in [-0.2, 0) is 17.9 Å². The van der Waals surface area contributed by atoms with E-state index < -0.39 is 0 Å².